The highest BCUT2D eigenvalue weighted by molar-refractivity contribution is 7.26. The standard InChI is InChI=1S/C45H29N3OS/c1-3-11-28(12-4-1)43-46-44(29-13-5-2-6-14-29)48-45(47-43)33-22-24-36-35-23-21-31(26-39(35)49-40(36)27-33)30-15-9-16-32(25-30)34-18-10-19-38-37-17-7-8-20-41(37)50-42(34)38/h1-27,43H,(H,46,47,48). The quantitative estimate of drug-likeness (QED) is 0.200. The fourth-order valence-corrected chi connectivity index (χ4v) is 8.30. The second kappa shape index (κ2) is 11.7. The zero-order valence-electron chi connectivity index (χ0n) is 26.9. The molecule has 0 amide bonds. The van der Waals surface area contributed by atoms with Crippen LogP contribution < -0.4 is 5.32 Å². The number of nitrogens with one attached hydrogen (secondary N) is 1. The van der Waals surface area contributed by atoms with E-state index < -0.39 is 0 Å². The Morgan fingerprint density at radius 1 is 0.500 bits per heavy atom. The zero-order chi connectivity index (χ0) is 33.0. The lowest BCUT2D eigenvalue weighted by atomic mass is 9.97. The van der Waals surface area contributed by atoms with Crippen molar-refractivity contribution in [1.29, 1.82) is 0 Å². The molecule has 1 aliphatic heterocycles. The first-order valence-corrected chi connectivity index (χ1v) is 17.6. The van der Waals surface area contributed by atoms with Gasteiger partial charge in [-0.25, -0.2) is 9.98 Å². The summed E-state index contributed by atoms with van der Waals surface area (Å²) < 4.78 is 9.20. The molecule has 10 rings (SSSR count). The molecule has 1 aliphatic rings. The summed E-state index contributed by atoms with van der Waals surface area (Å²) in [5.41, 5.74) is 9.42. The predicted molar refractivity (Wildman–Crippen MR) is 209 cm³/mol. The Balaban J connectivity index is 1.03. The van der Waals surface area contributed by atoms with E-state index in [0.717, 1.165) is 55.6 Å². The normalized spacial score (nSPS) is 14.6. The van der Waals surface area contributed by atoms with Gasteiger partial charge in [0, 0.05) is 42.1 Å². The van der Waals surface area contributed by atoms with Gasteiger partial charge in [-0.3, -0.25) is 0 Å². The molecule has 4 nitrogen and oxygen atoms in total. The van der Waals surface area contributed by atoms with Crippen molar-refractivity contribution < 1.29 is 4.42 Å². The van der Waals surface area contributed by atoms with E-state index in [-0.39, 0.29) is 6.17 Å². The maximum atomic E-state index is 6.56. The van der Waals surface area contributed by atoms with Crippen molar-refractivity contribution in [3.05, 3.63) is 180 Å². The van der Waals surface area contributed by atoms with E-state index in [0.29, 0.717) is 5.84 Å². The predicted octanol–water partition coefficient (Wildman–Crippen LogP) is 11.8. The van der Waals surface area contributed by atoms with Gasteiger partial charge >= 0.3 is 0 Å². The minimum Gasteiger partial charge on any atom is -0.456 e. The number of hydrogen-bond donors (Lipinski definition) is 1. The van der Waals surface area contributed by atoms with Crippen LogP contribution in [-0.2, 0) is 0 Å². The minimum absolute atomic E-state index is 0.255. The van der Waals surface area contributed by atoms with Gasteiger partial charge in [-0.05, 0) is 64.2 Å². The Kier molecular flexibility index (Phi) is 6.71. The van der Waals surface area contributed by atoms with Crippen molar-refractivity contribution in [2.24, 2.45) is 9.98 Å². The van der Waals surface area contributed by atoms with E-state index in [2.05, 4.69) is 133 Å². The third kappa shape index (κ3) is 4.90. The number of benzene rings is 7. The lowest BCUT2D eigenvalue weighted by molar-refractivity contribution is 0.667. The first-order valence-electron chi connectivity index (χ1n) is 16.8. The SMILES string of the molecule is c1ccc(C2=NC(c3ccc4c(c3)oc3cc(-c5cccc(-c6cccc7c6sc6ccccc67)c5)ccc34)=NC(c3ccccc3)N2)cc1. The van der Waals surface area contributed by atoms with Gasteiger partial charge in [-0.15, -0.1) is 11.3 Å². The molecule has 0 fully saturated rings. The fraction of sp³-hybridized carbons (Fsp3) is 0.0222. The summed E-state index contributed by atoms with van der Waals surface area (Å²) in [6.45, 7) is 0. The first kappa shape index (κ1) is 28.7. The van der Waals surface area contributed by atoms with Crippen LogP contribution >= 0.6 is 11.3 Å². The van der Waals surface area contributed by atoms with Crippen LogP contribution in [0, 0.1) is 0 Å². The number of nitrogens with zero attached hydrogens (tertiary/aromatic N) is 2. The highest BCUT2D eigenvalue weighted by Crippen LogP contribution is 2.41. The highest BCUT2D eigenvalue weighted by Gasteiger charge is 2.22. The van der Waals surface area contributed by atoms with Crippen molar-refractivity contribution in [1.82, 2.24) is 5.32 Å². The highest BCUT2D eigenvalue weighted by atomic mass is 32.1. The van der Waals surface area contributed by atoms with Crippen molar-refractivity contribution in [2.75, 3.05) is 0 Å². The van der Waals surface area contributed by atoms with Crippen LogP contribution in [0.2, 0.25) is 0 Å². The summed E-state index contributed by atoms with van der Waals surface area (Å²) in [5, 5.41) is 8.32. The molecule has 0 saturated carbocycles. The topological polar surface area (TPSA) is 49.9 Å². The molecule has 1 N–H and O–H groups in total. The molecule has 0 spiro atoms. The maximum absolute atomic E-state index is 6.56. The molecule has 0 radical (unpaired) electrons. The molecular formula is C45H29N3OS. The number of furan rings is 1. The molecule has 1 atom stereocenters. The van der Waals surface area contributed by atoms with Crippen LogP contribution in [0.1, 0.15) is 22.9 Å². The molecule has 9 aromatic rings. The van der Waals surface area contributed by atoms with Crippen molar-refractivity contribution in [3.8, 4) is 22.3 Å². The summed E-state index contributed by atoms with van der Waals surface area (Å²) in [7, 11) is 0. The van der Waals surface area contributed by atoms with E-state index in [1.807, 2.05) is 47.7 Å². The maximum Gasteiger partial charge on any atom is 0.159 e. The Bertz CT molecular complexity index is 2790. The molecule has 50 heavy (non-hydrogen) atoms. The van der Waals surface area contributed by atoms with Crippen LogP contribution in [0.5, 0.6) is 0 Å². The Labute approximate surface area is 292 Å². The Hall–Kier alpha value is -6.30. The molecule has 5 heteroatoms. The van der Waals surface area contributed by atoms with E-state index >= 15 is 0 Å². The first-order chi connectivity index (χ1) is 24.7. The van der Waals surface area contributed by atoms with Crippen LogP contribution in [0.4, 0.5) is 0 Å². The molecule has 0 saturated heterocycles. The summed E-state index contributed by atoms with van der Waals surface area (Å²) in [4.78, 5) is 10.0. The molecule has 3 heterocycles. The molecule has 0 bridgehead atoms. The molecule has 236 valence electrons. The van der Waals surface area contributed by atoms with Crippen molar-refractivity contribution >= 4 is 65.1 Å². The molecule has 1 unspecified atom stereocenters. The molecular weight excluding hydrogens is 631 g/mol. The van der Waals surface area contributed by atoms with Crippen LogP contribution in [0.3, 0.4) is 0 Å². The minimum atomic E-state index is -0.255. The number of hydrogen-bond acceptors (Lipinski definition) is 5. The number of thiophene rings is 1. The van der Waals surface area contributed by atoms with E-state index in [4.69, 9.17) is 14.4 Å². The van der Waals surface area contributed by atoms with Crippen LogP contribution in [0.15, 0.2) is 178 Å². The molecule has 2 aromatic heterocycles. The number of rotatable bonds is 5. The van der Waals surface area contributed by atoms with Gasteiger partial charge in [0.1, 0.15) is 23.2 Å². The average molecular weight is 660 g/mol. The average Bonchev–Trinajstić information content (AvgIpc) is 3.76. The monoisotopic (exact) mass is 659 g/mol. The van der Waals surface area contributed by atoms with Gasteiger partial charge in [0.2, 0.25) is 0 Å². The summed E-state index contributed by atoms with van der Waals surface area (Å²) in [5.74, 6) is 1.47. The third-order valence-corrected chi connectivity index (χ3v) is 10.8. The van der Waals surface area contributed by atoms with E-state index in [9.17, 15) is 0 Å². The Morgan fingerprint density at radius 3 is 1.98 bits per heavy atom. The smallest absolute Gasteiger partial charge is 0.159 e. The number of amidine groups is 2. The summed E-state index contributed by atoms with van der Waals surface area (Å²) in [6, 6.07) is 57.4. The van der Waals surface area contributed by atoms with Gasteiger partial charge in [-0.1, -0.05) is 127 Å². The van der Waals surface area contributed by atoms with Gasteiger partial charge in [0.15, 0.2) is 5.84 Å². The van der Waals surface area contributed by atoms with E-state index in [1.54, 1.807) is 0 Å². The van der Waals surface area contributed by atoms with E-state index in [1.165, 1.54) is 31.3 Å². The molecule has 7 aromatic carbocycles. The number of aliphatic imine (C=N–C) groups is 2. The number of fused-ring (bicyclic) bond motifs is 6. The lowest BCUT2D eigenvalue weighted by Gasteiger charge is -2.23. The van der Waals surface area contributed by atoms with Gasteiger partial charge in [-0.2, -0.15) is 0 Å². The zero-order valence-corrected chi connectivity index (χ0v) is 27.7. The van der Waals surface area contributed by atoms with Gasteiger partial charge < -0.3 is 9.73 Å². The fourth-order valence-electron chi connectivity index (χ4n) is 7.06. The molecule has 0 aliphatic carbocycles. The summed E-state index contributed by atoms with van der Waals surface area (Å²) >= 11 is 1.86. The second-order valence-electron chi connectivity index (χ2n) is 12.6. The van der Waals surface area contributed by atoms with Crippen molar-refractivity contribution in [3.63, 3.8) is 0 Å². The Morgan fingerprint density at radius 2 is 1.14 bits per heavy atom. The van der Waals surface area contributed by atoms with Crippen LogP contribution in [-0.4, -0.2) is 11.7 Å². The van der Waals surface area contributed by atoms with Crippen molar-refractivity contribution in [2.45, 2.75) is 6.17 Å². The lowest BCUT2D eigenvalue weighted by Crippen LogP contribution is -2.33. The van der Waals surface area contributed by atoms with Crippen LogP contribution in [0.25, 0.3) is 64.4 Å². The van der Waals surface area contributed by atoms with Gasteiger partial charge in [0.25, 0.3) is 0 Å². The largest absolute Gasteiger partial charge is 0.456 e. The second-order valence-corrected chi connectivity index (χ2v) is 13.7. The summed E-state index contributed by atoms with van der Waals surface area (Å²) in [6.07, 6.45) is -0.255. The van der Waals surface area contributed by atoms with Gasteiger partial charge in [0.05, 0.1) is 0 Å². The third-order valence-electron chi connectivity index (χ3n) is 9.55.